The summed E-state index contributed by atoms with van der Waals surface area (Å²) in [6.45, 7) is -1.38. The Bertz CT molecular complexity index is 224. The second-order valence-electron chi connectivity index (χ2n) is 3.34. The van der Waals surface area contributed by atoms with Crippen molar-refractivity contribution in [3.63, 3.8) is 0 Å². The van der Waals surface area contributed by atoms with Crippen LogP contribution in [0.5, 0.6) is 0 Å². The Kier molecular flexibility index (Phi) is 6.60. The van der Waals surface area contributed by atoms with E-state index in [1.165, 1.54) is 0 Å². The van der Waals surface area contributed by atoms with Crippen molar-refractivity contribution in [3.8, 4) is 0 Å². The fourth-order valence-electron chi connectivity index (χ4n) is 1.04. The van der Waals surface area contributed by atoms with Gasteiger partial charge in [0.15, 0.2) is 5.78 Å². The molecule has 8 N–H and O–H groups in total. The van der Waals surface area contributed by atoms with E-state index in [0.29, 0.717) is 0 Å². The zero-order valence-electron chi connectivity index (χ0n) is 8.47. The maximum absolute atomic E-state index is 10.8. The Balaban J connectivity index is 4.47. The fourth-order valence-corrected chi connectivity index (χ4v) is 1.04. The van der Waals surface area contributed by atoms with E-state index in [1.807, 2.05) is 0 Å². The van der Waals surface area contributed by atoms with Crippen LogP contribution in [-0.4, -0.2) is 80.1 Å². The van der Waals surface area contributed by atoms with Crippen LogP contribution in [0.25, 0.3) is 0 Å². The first kappa shape index (κ1) is 15.4. The minimum atomic E-state index is -2.04. The van der Waals surface area contributed by atoms with E-state index in [-0.39, 0.29) is 6.54 Å². The highest BCUT2D eigenvalue weighted by atomic mass is 16.4. The number of Topliss-reactive ketones (excluding diaryl/α,β-unsaturated/α-hetero) is 1. The molecule has 0 amide bonds. The lowest BCUT2D eigenvalue weighted by Gasteiger charge is -2.27. The van der Waals surface area contributed by atoms with E-state index in [4.69, 9.17) is 21.1 Å². The Morgan fingerprint density at radius 2 is 1.50 bits per heavy atom. The molecule has 0 aliphatic carbocycles. The number of ketones is 1. The molecule has 96 valence electrons. The molecular weight excluding hydrogens is 222 g/mol. The smallest absolute Gasteiger partial charge is 0.189 e. The SMILES string of the molecule is NC[C@@H](O)[C@@H](O)[C@H](O)[C@H](O)[C@@H](O)C(=O)CO. The second-order valence-corrected chi connectivity index (χ2v) is 3.34. The van der Waals surface area contributed by atoms with Gasteiger partial charge >= 0.3 is 0 Å². The molecule has 0 fully saturated rings. The van der Waals surface area contributed by atoms with Gasteiger partial charge in [-0.15, -0.1) is 0 Å². The lowest BCUT2D eigenvalue weighted by Crippen LogP contribution is -2.53. The van der Waals surface area contributed by atoms with Crippen molar-refractivity contribution in [2.75, 3.05) is 13.2 Å². The van der Waals surface area contributed by atoms with Gasteiger partial charge in [0.25, 0.3) is 0 Å². The summed E-state index contributed by atoms with van der Waals surface area (Å²) < 4.78 is 0. The highest BCUT2D eigenvalue weighted by Gasteiger charge is 2.36. The van der Waals surface area contributed by atoms with Crippen LogP contribution in [0, 0.1) is 0 Å². The zero-order chi connectivity index (χ0) is 12.9. The average Bonchev–Trinajstić information content (AvgIpc) is 2.32. The number of carbonyl (C=O) groups is 1. The molecule has 8 heteroatoms. The summed E-state index contributed by atoms with van der Waals surface area (Å²) in [7, 11) is 0. The van der Waals surface area contributed by atoms with Crippen LogP contribution in [0.4, 0.5) is 0 Å². The molecule has 0 rings (SSSR count). The highest BCUT2D eigenvalue weighted by Crippen LogP contribution is 2.08. The molecule has 0 saturated carbocycles. The topological polar surface area (TPSA) is 164 Å². The van der Waals surface area contributed by atoms with Gasteiger partial charge < -0.3 is 36.4 Å². The monoisotopic (exact) mass is 239 g/mol. The van der Waals surface area contributed by atoms with E-state index in [1.54, 1.807) is 0 Å². The quantitative estimate of drug-likeness (QED) is 0.233. The predicted octanol–water partition coefficient (Wildman–Crippen LogP) is -4.69. The Hall–Kier alpha value is -0.610. The van der Waals surface area contributed by atoms with Gasteiger partial charge in [0.2, 0.25) is 0 Å². The Labute approximate surface area is 91.6 Å². The maximum Gasteiger partial charge on any atom is 0.189 e. The molecule has 0 spiro atoms. The second kappa shape index (κ2) is 6.86. The van der Waals surface area contributed by atoms with E-state index in [9.17, 15) is 20.1 Å². The molecule has 0 unspecified atom stereocenters. The molecule has 8 nitrogen and oxygen atoms in total. The first-order valence-corrected chi connectivity index (χ1v) is 4.60. The van der Waals surface area contributed by atoms with Gasteiger partial charge in [-0.25, -0.2) is 0 Å². The summed E-state index contributed by atoms with van der Waals surface area (Å²) in [5.74, 6) is -1.11. The van der Waals surface area contributed by atoms with Crippen LogP contribution in [0.15, 0.2) is 0 Å². The molecule has 0 aromatic carbocycles. The lowest BCUT2D eigenvalue weighted by atomic mass is 9.97. The normalized spacial score (nSPS) is 20.9. The van der Waals surface area contributed by atoms with Crippen LogP contribution >= 0.6 is 0 Å². The summed E-state index contributed by atoms with van der Waals surface area (Å²) in [6, 6.07) is 0. The third-order valence-electron chi connectivity index (χ3n) is 2.14. The van der Waals surface area contributed by atoms with Crippen molar-refractivity contribution >= 4 is 5.78 Å². The van der Waals surface area contributed by atoms with Crippen molar-refractivity contribution in [1.82, 2.24) is 0 Å². The van der Waals surface area contributed by atoms with E-state index in [0.717, 1.165) is 0 Å². The van der Waals surface area contributed by atoms with Crippen molar-refractivity contribution in [3.05, 3.63) is 0 Å². The fraction of sp³-hybridized carbons (Fsp3) is 0.875. The minimum Gasteiger partial charge on any atom is -0.389 e. The van der Waals surface area contributed by atoms with Gasteiger partial charge in [0.05, 0.1) is 6.10 Å². The van der Waals surface area contributed by atoms with Crippen molar-refractivity contribution in [2.24, 2.45) is 5.73 Å². The molecular formula is C8H17NO7. The molecule has 0 saturated heterocycles. The predicted molar refractivity (Wildman–Crippen MR) is 51.2 cm³/mol. The van der Waals surface area contributed by atoms with Crippen molar-refractivity contribution in [1.29, 1.82) is 0 Å². The number of aliphatic hydroxyl groups excluding tert-OH is 6. The standard InChI is InChI=1S/C8H17NO7/c9-1-3(11)5(13)7(15)8(16)6(14)4(12)2-10/h3,5-8,10-11,13-16H,1-2,9H2/t3-,5-,6+,7+,8-/m1/s1. The van der Waals surface area contributed by atoms with Crippen molar-refractivity contribution < 1.29 is 35.4 Å². The van der Waals surface area contributed by atoms with Gasteiger partial charge in [0.1, 0.15) is 31.0 Å². The van der Waals surface area contributed by atoms with Crippen LogP contribution < -0.4 is 5.73 Å². The number of hydrogen-bond donors (Lipinski definition) is 7. The van der Waals surface area contributed by atoms with Gasteiger partial charge in [-0.1, -0.05) is 0 Å². The van der Waals surface area contributed by atoms with E-state index < -0.39 is 42.9 Å². The molecule has 0 heterocycles. The summed E-state index contributed by atoms with van der Waals surface area (Å²) >= 11 is 0. The number of aliphatic hydroxyl groups is 6. The van der Waals surface area contributed by atoms with Crippen molar-refractivity contribution in [2.45, 2.75) is 30.5 Å². The number of rotatable bonds is 7. The summed E-state index contributed by atoms with van der Waals surface area (Å²) in [5.41, 5.74) is 5.00. The summed E-state index contributed by atoms with van der Waals surface area (Å²) in [4.78, 5) is 10.8. The van der Waals surface area contributed by atoms with Crippen LogP contribution in [0.3, 0.4) is 0 Å². The Morgan fingerprint density at radius 1 is 1.00 bits per heavy atom. The zero-order valence-corrected chi connectivity index (χ0v) is 8.47. The van der Waals surface area contributed by atoms with Gasteiger partial charge in [-0.3, -0.25) is 4.79 Å². The van der Waals surface area contributed by atoms with Gasteiger partial charge in [0, 0.05) is 6.54 Å². The summed E-state index contributed by atoms with van der Waals surface area (Å²) in [6.07, 6.45) is -9.32. The molecule has 16 heavy (non-hydrogen) atoms. The van der Waals surface area contributed by atoms with Gasteiger partial charge in [-0.05, 0) is 0 Å². The molecule has 0 aliphatic heterocycles. The number of hydrogen-bond acceptors (Lipinski definition) is 8. The Morgan fingerprint density at radius 3 is 1.88 bits per heavy atom. The first-order valence-electron chi connectivity index (χ1n) is 4.60. The summed E-state index contributed by atoms with van der Waals surface area (Å²) in [5, 5.41) is 54.4. The highest BCUT2D eigenvalue weighted by molar-refractivity contribution is 5.84. The minimum absolute atomic E-state index is 0.366. The number of carbonyl (C=O) groups excluding carboxylic acids is 1. The first-order chi connectivity index (χ1) is 7.36. The molecule has 5 atom stereocenters. The molecule has 0 aliphatic rings. The molecule has 0 radical (unpaired) electrons. The van der Waals surface area contributed by atoms with Gasteiger partial charge in [-0.2, -0.15) is 0 Å². The third kappa shape index (κ3) is 3.76. The van der Waals surface area contributed by atoms with Crippen LogP contribution in [0.1, 0.15) is 0 Å². The van der Waals surface area contributed by atoms with E-state index >= 15 is 0 Å². The maximum atomic E-state index is 10.8. The third-order valence-corrected chi connectivity index (χ3v) is 2.14. The van der Waals surface area contributed by atoms with Crippen LogP contribution in [-0.2, 0) is 4.79 Å². The number of nitrogens with two attached hydrogens (primary N) is 1. The molecule has 0 bridgehead atoms. The van der Waals surface area contributed by atoms with E-state index in [2.05, 4.69) is 0 Å². The molecule has 0 aromatic rings. The average molecular weight is 239 g/mol. The largest absolute Gasteiger partial charge is 0.389 e. The molecule has 0 aromatic heterocycles. The van der Waals surface area contributed by atoms with Crippen LogP contribution in [0.2, 0.25) is 0 Å². The lowest BCUT2D eigenvalue weighted by molar-refractivity contribution is -0.154.